The van der Waals surface area contributed by atoms with Crippen molar-refractivity contribution >= 4 is 55.5 Å². The highest BCUT2D eigenvalue weighted by Crippen LogP contribution is 2.45. The number of aryl methyl sites for hydroxylation is 1. The Morgan fingerprint density at radius 1 is 1.09 bits per heavy atom. The fraction of sp³-hybridized carbons (Fsp3) is 0.0870. The van der Waals surface area contributed by atoms with Gasteiger partial charge in [-0.1, -0.05) is 17.4 Å². The molecule has 1 N–H and O–H groups in total. The highest BCUT2D eigenvalue weighted by atomic mass is 32.1. The van der Waals surface area contributed by atoms with Crippen molar-refractivity contribution in [2.45, 2.75) is 13.0 Å². The summed E-state index contributed by atoms with van der Waals surface area (Å²) >= 11 is 2.10. The van der Waals surface area contributed by atoms with Crippen molar-refractivity contribution in [1.82, 2.24) is 4.98 Å². The molecule has 0 saturated carbocycles. The van der Waals surface area contributed by atoms with Gasteiger partial charge in [0.15, 0.2) is 10.9 Å². The number of thiazole rings is 1. The van der Waals surface area contributed by atoms with E-state index >= 15 is 0 Å². The van der Waals surface area contributed by atoms with Gasteiger partial charge in [0, 0.05) is 16.5 Å². The highest BCUT2D eigenvalue weighted by molar-refractivity contribution is 7.22. The second kappa shape index (κ2) is 7.82. The van der Waals surface area contributed by atoms with E-state index in [2.05, 4.69) is 4.98 Å². The first-order valence-electron chi connectivity index (χ1n) is 9.62. The van der Waals surface area contributed by atoms with Gasteiger partial charge in [0.1, 0.15) is 29.0 Å². The van der Waals surface area contributed by atoms with Crippen LogP contribution in [0.2, 0.25) is 0 Å². The zero-order chi connectivity index (χ0) is 23.4. The molecule has 5 rings (SSSR count). The van der Waals surface area contributed by atoms with Gasteiger partial charge in [-0.3, -0.25) is 14.5 Å². The van der Waals surface area contributed by atoms with Crippen LogP contribution in [0.1, 0.15) is 22.0 Å². The van der Waals surface area contributed by atoms with Crippen LogP contribution in [-0.2, 0) is 9.59 Å². The van der Waals surface area contributed by atoms with E-state index in [0.29, 0.717) is 10.9 Å². The van der Waals surface area contributed by atoms with Crippen molar-refractivity contribution in [3.05, 3.63) is 86.9 Å². The number of benzene rings is 2. The number of ketones is 1. The summed E-state index contributed by atoms with van der Waals surface area (Å²) in [5.41, 5.74) is 0.104. The number of aromatic nitrogens is 1. The number of aliphatic hydroxyl groups excluding tert-OH is 1. The number of thiophene rings is 1. The number of Topliss-reactive ketones (excluding diaryl/α,β-unsaturated/α-hetero) is 1. The molecule has 1 fully saturated rings. The van der Waals surface area contributed by atoms with Crippen LogP contribution < -0.4 is 4.90 Å². The van der Waals surface area contributed by atoms with Gasteiger partial charge in [-0.25, -0.2) is 18.2 Å². The van der Waals surface area contributed by atoms with E-state index in [1.165, 1.54) is 30.4 Å². The van der Waals surface area contributed by atoms with E-state index in [0.717, 1.165) is 28.4 Å². The number of halogens is 3. The average molecular weight is 486 g/mol. The molecule has 1 amide bonds. The maximum atomic E-state index is 14.2. The van der Waals surface area contributed by atoms with E-state index < -0.39 is 40.9 Å². The molecule has 1 atom stereocenters. The van der Waals surface area contributed by atoms with Gasteiger partial charge in [0.2, 0.25) is 0 Å². The maximum absolute atomic E-state index is 14.2. The molecule has 0 aliphatic carbocycles. The molecule has 1 unspecified atom stereocenters. The number of amides is 1. The second-order valence-electron chi connectivity index (χ2n) is 7.38. The van der Waals surface area contributed by atoms with Crippen molar-refractivity contribution in [2.75, 3.05) is 4.90 Å². The number of aliphatic hydroxyl groups is 1. The van der Waals surface area contributed by atoms with Crippen LogP contribution in [0.4, 0.5) is 18.3 Å². The standard InChI is InChI=1S/C23H13F3N2O3S2/c1-10-7-11(4-5-13(10)25)20(29)17-19(15-3-2-6-32-15)28(22(31)21(17)30)23-27-18-14(26)8-12(24)9-16(18)33-23/h2-9,19,29H,1H3/b20-17+. The predicted octanol–water partition coefficient (Wildman–Crippen LogP) is 5.71. The SMILES string of the molecule is Cc1cc(/C(O)=C2\C(=O)C(=O)N(c3nc4c(F)cc(F)cc4s3)C2c2cccs2)ccc1F. The molecule has 0 spiro atoms. The fourth-order valence-electron chi connectivity index (χ4n) is 3.74. The summed E-state index contributed by atoms with van der Waals surface area (Å²) in [4.78, 5) is 31.9. The zero-order valence-corrected chi connectivity index (χ0v) is 18.4. The van der Waals surface area contributed by atoms with Crippen LogP contribution in [0.3, 0.4) is 0 Å². The van der Waals surface area contributed by atoms with Crippen LogP contribution in [0, 0.1) is 24.4 Å². The number of fused-ring (bicyclic) bond motifs is 1. The Kier molecular flexibility index (Phi) is 5.06. The molecule has 5 nitrogen and oxygen atoms in total. The van der Waals surface area contributed by atoms with Gasteiger partial charge in [0.05, 0.1) is 10.3 Å². The minimum atomic E-state index is -1.04. The lowest BCUT2D eigenvalue weighted by Gasteiger charge is -2.21. The lowest BCUT2D eigenvalue weighted by molar-refractivity contribution is -0.132. The van der Waals surface area contributed by atoms with Crippen LogP contribution in [0.5, 0.6) is 0 Å². The Morgan fingerprint density at radius 3 is 2.58 bits per heavy atom. The van der Waals surface area contributed by atoms with Gasteiger partial charge in [-0.15, -0.1) is 11.3 Å². The molecule has 0 bridgehead atoms. The second-order valence-corrected chi connectivity index (χ2v) is 9.37. The molecule has 10 heteroatoms. The number of hydrogen-bond acceptors (Lipinski definition) is 6. The molecular formula is C23H13F3N2O3S2. The number of anilines is 1. The van der Waals surface area contributed by atoms with Crippen molar-refractivity contribution < 1.29 is 27.9 Å². The molecule has 2 aromatic carbocycles. The summed E-state index contributed by atoms with van der Waals surface area (Å²) in [5, 5.41) is 12.7. The molecule has 1 aliphatic heterocycles. The number of nitrogens with zero attached hydrogens (tertiary/aromatic N) is 2. The first kappa shape index (κ1) is 21.4. The normalized spacial score (nSPS) is 17.9. The van der Waals surface area contributed by atoms with Gasteiger partial charge < -0.3 is 5.11 Å². The van der Waals surface area contributed by atoms with Crippen molar-refractivity contribution in [1.29, 1.82) is 0 Å². The molecule has 166 valence electrons. The highest BCUT2D eigenvalue weighted by Gasteiger charge is 2.48. The third kappa shape index (κ3) is 3.42. The van der Waals surface area contributed by atoms with Gasteiger partial charge in [-0.2, -0.15) is 0 Å². The molecule has 0 radical (unpaired) electrons. The van der Waals surface area contributed by atoms with Crippen LogP contribution in [0.25, 0.3) is 16.0 Å². The summed E-state index contributed by atoms with van der Waals surface area (Å²) in [6.45, 7) is 1.51. The number of hydrogen-bond donors (Lipinski definition) is 1. The Morgan fingerprint density at radius 2 is 1.88 bits per heavy atom. The minimum Gasteiger partial charge on any atom is -0.507 e. The molecule has 4 aromatic rings. The summed E-state index contributed by atoms with van der Waals surface area (Å²) in [6.07, 6.45) is 0. The first-order valence-corrected chi connectivity index (χ1v) is 11.3. The molecular weight excluding hydrogens is 473 g/mol. The maximum Gasteiger partial charge on any atom is 0.301 e. The molecule has 1 saturated heterocycles. The Hall–Kier alpha value is -3.50. The third-order valence-corrected chi connectivity index (χ3v) is 7.22. The van der Waals surface area contributed by atoms with Gasteiger partial charge >= 0.3 is 5.91 Å². The van der Waals surface area contributed by atoms with E-state index in [1.54, 1.807) is 17.5 Å². The molecule has 1 aliphatic rings. The Balaban J connectivity index is 1.72. The topological polar surface area (TPSA) is 70.5 Å². The monoisotopic (exact) mass is 486 g/mol. The lowest BCUT2D eigenvalue weighted by Crippen LogP contribution is -2.28. The number of carbonyl (C=O) groups is 2. The third-order valence-electron chi connectivity index (χ3n) is 5.30. The quantitative estimate of drug-likeness (QED) is 0.229. The summed E-state index contributed by atoms with van der Waals surface area (Å²) in [7, 11) is 0. The lowest BCUT2D eigenvalue weighted by atomic mass is 9.99. The summed E-state index contributed by atoms with van der Waals surface area (Å²) in [6, 6.07) is 7.99. The fourth-order valence-corrected chi connectivity index (χ4v) is 5.60. The molecule has 2 aromatic heterocycles. The number of carbonyl (C=O) groups excluding carboxylic acids is 2. The van der Waals surface area contributed by atoms with Crippen LogP contribution in [-0.4, -0.2) is 21.8 Å². The number of rotatable bonds is 3. The van der Waals surface area contributed by atoms with E-state index in [-0.39, 0.29) is 32.0 Å². The summed E-state index contributed by atoms with van der Waals surface area (Å²) in [5.74, 6) is -4.55. The van der Waals surface area contributed by atoms with Gasteiger partial charge in [0.25, 0.3) is 5.78 Å². The predicted molar refractivity (Wildman–Crippen MR) is 120 cm³/mol. The van der Waals surface area contributed by atoms with E-state index in [1.807, 2.05) is 0 Å². The smallest absolute Gasteiger partial charge is 0.301 e. The summed E-state index contributed by atoms with van der Waals surface area (Å²) < 4.78 is 41.8. The first-order chi connectivity index (χ1) is 15.8. The van der Waals surface area contributed by atoms with Crippen LogP contribution in [0.15, 0.2) is 53.4 Å². The zero-order valence-electron chi connectivity index (χ0n) is 16.8. The largest absolute Gasteiger partial charge is 0.507 e. The van der Waals surface area contributed by atoms with Crippen molar-refractivity contribution in [3.63, 3.8) is 0 Å². The van der Waals surface area contributed by atoms with E-state index in [9.17, 15) is 27.9 Å². The van der Waals surface area contributed by atoms with E-state index in [4.69, 9.17) is 0 Å². The molecule has 3 heterocycles. The average Bonchev–Trinajstić information content (AvgIpc) is 3.49. The van der Waals surface area contributed by atoms with Crippen molar-refractivity contribution in [3.8, 4) is 0 Å². The Labute approximate surface area is 193 Å². The minimum absolute atomic E-state index is 0.00987. The van der Waals surface area contributed by atoms with Gasteiger partial charge in [-0.05, 0) is 48.2 Å². The van der Waals surface area contributed by atoms with Crippen LogP contribution >= 0.6 is 22.7 Å². The Bertz CT molecular complexity index is 1480. The van der Waals surface area contributed by atoms with Crippen molar-refractivity contribution in [2.24, 2.45) is 0 Å². The molecule has 33 heavy (non-hydrogen) atoms.